The topological polar surface area (TPSA) is 52.0 Å². The molecular weight excluding hydrogens is 244 g/mol. The lowest BCUT2D eigenvalue weighted by molar-refractivity contribution is 0.617. The van der Waals surface area contributed by atoms with Gasteiger partial charge in [0.05, 0.1) is 10.7 Å². The van der Waals surface area contributed by atoms with Gasteiger partial charge in [0.1, 0.15) is 11.8 Å². The number of nitrogens with two attached hydrogens (primary N) is 1. The number of para-hydroxylation sites is 1. The standard InChI is InChI=1S/C14H14N2OS/c1-9(15)6-14-16-12(8-18-14)11-7-17-13-5-3-2-4-10(11)13/h2-5,7-9H,6,15H2,1H3. The molecule has 2 N–H and O–H groups in total. The van der Waals surface area contributed by atoms with Gasteiger partial charge >= 0.3 is 0 Å². The number of nitrogens with zero attached hydrogens (tertiary/aromatic N) is 1. The summed E-state index contributed by atoms with van der Waals surface area (Å²) in [6.07, 6.45) is 2.59. The van der Waals surface area contributed by atoms with Crippen LogP contribution in [0.1, 0.15) is 11.9 Å². The second-order valence-electron chi connectivity index (χ2n) is 4.45. The van der Waals surface area contributed by atoms with Gasteiger partial charge in [-0.3, -0.25) is 0 Å². The molecule has 0 bridgehead atoms. The molecule has 92 valence electrons. The lowest BCUT2D eigenvalue weighted by atomic mass is 10.1. The third-order valence-corrected chi connectivity index (χ3v) is 3.68. The summed E-state index contributed by atoms with van der Waals surface area (Å²) in [5.74, 6) is 0. The molecule has 2 heterocycles. The third-order valence-electron chi connectivity index (χ3n) is 2.81. The fourth-order valence-corrected chi connectivity index (χ4v) is 2.92. The van der Waals surface area contributed by atoms with Gasteiger partial charge in [0.2, 0.25) is 0 Å². The van der Waals surface area contributed by atoms with Gasteiger partial charge in [0.25, 0.3) is 0 Å². The number of fused-ring (bicyclic) bond motifs is 1. The number of benzene rings is 1. The molecule has 0 aliphatic carbocycles. The molecular formula is C14H14N2OS. The molecule has 18 heavy (non-hydrogen) atoms. The van der Waals surface area contributed by atoms with Crippen LogP contribution in [-0.4, -0.2) is 11.0 Å². The highest BCUT2D eigenvalue weighted by Crippen LogP contribution is 2.31. The average Bonchev–Trinajstić information content (AvgIpc) is 2.94. The van der Waals surface area contributed by atoms with E-state index in [1.165, 1.54) is 0 Å². The second-order valence-corrected chi connectivity index (χ2v) is 5.40. The lowest BCUT2D eigenvalue weighted by Crippen LogP contribution is -2.17. The average molecular weight is 258 g/mol. The van der Waals surface area contributed by atoms with Gasteiger partial charge in [-0.05, 0) is 13.0 Å². The molecule has 1 atom stereocenters. The first-order chi connectivity index (χ1) is 8.74. The summed E-state index contributed by atoms with van der Waals surface area (Å²) in [4.78, 5) is 4.62. The first-order valence-corrected chi connectivity index (χ1v) is 6.78. The Bertz CT molecular complexity index is 669. The number of rotatable bonds is 3. The molecule has 0 amide bonds. The Morgan fingerprint density at radius 3 is 3.06 bits per heavy atom. The highest BCUT2D eigenvalue weighted by atomic mass is 32.1. The summed E-state index contributed by atoms with van der Waals surface area (Å²) in [6, 6.07) is 8.15. The van der Waals surface area contributed by atoms with E-state index < -0.39 is 0 Å². The molecule has 0 aliphatic rings. The van der Waals surface area contributed by atoms with Crippen molar-refractivity contribution in [3.8, 4) is 11.3 Å². The fourth-order valence-electron chi connectivity index (χ4n) is 1.98. The van der Waals surface area contributed by atoms with Crippen LogP contribution in [0.15, 0.2) is 40.3 Å². The number of furan rings is 1. The smallest absolute Gasteiger partial charge is 0.134 e. The van der Waals surface area contributed by atoms with Crippen molar-refractivity contribution in [2.45, 2.75) is 19.4 Å². The zero-order chi connectivity index (χ0) is 12.5. The first kappa shape index (κ1) is 11.4. The minimum Gasteiger partial charge on any atom is -0.464 e. The van der Waals surface area contributed by atoms with Crippen molar-refractivity contribution in [3.05, 3.63) is 40.9 Å². The van der Waals surface area contributed by atoms with Crippen LogP contribution >= 0.6 is 11.3 Å². The van der Waals surface area contributed by atoms with Gasteiger partial charge in [-0.1, -0.05) is 18.2 Å². The van der Waals surface area contributed by atoms with Gasteiger partial charge in [0, 0.05) is 28.8 Å². The Hall–Kier alpha value is -1.65. The zero-order valence-corrected chi connectivity index (χ0v) is 10.9. The summed E-state index contributed by atoms with van der Waals surface area (Å²) >= 11 is 1.65. The zero-order valence-electron chi connectivity index (χ0n) is 10.1. The third kappa shape index (κ3) is 2.05. The quantitative estimate of drug-likeness (QED) is 0.783. The van der Waals surface area contributed by atoms with Crippen LogP contribution < -0.4 is 5.73 Å². The Balaban J connectivity index is 2.01. The van der Waals surface area contributed by atoms with Gasteiger partial charge < -0.3 is 10.2 Å². The van der Waals surface area contributed by atoms with Crippen LogP contribution in [0.2, 0.25) is 0 Å². The van der Waals surface area contributed by atoms with Crippen LogP contribution in [-0.2, 0) is 6.42 Å². The molecule has 0 spiro atoms. The molecule has 3 aromatic rings. The predicted molar refractivity (Wildman–Crippen MR) is 74.7 cm³/mol. The molecule has 1 unspecified atom stereocenters. The Labute approximate surface area is 109 Å². The van der Waals surface area contributed by atoms with Crippen molar-refractivity contribution in [2.24, 2.45) is 5.73 Å². The largest absolute Gasteiger partial charge is 0.464 e. The summed E-state index contributed by atoms with van der Waals surface area (Å²) in [7, 11) is 0. The van der Waals surface area contributed by atoms with Crippen molar-refractivity contribution in [2.75, 3.05) is 0 Å². The van der Waals surface area contributed by atoms with Crippen molar-refractivity contribution in [1.82, 2.24) is 4.98 Å². The van der Waals surface area contributed by atoms with Crippen molar-refractivity contribution >= 4 is 22.3 Å². The molecule has 1 aromatic carbocycles. The van der Waals surface area contributed by atoms with E-state index in [-0.39, 0.29) is 6.04 Å². The maximum Gasteiger partial charge on any atom is 0.134 e. The van der Waals surface area contributed by atoms with Gasteiger partial charge in [-0.15, -0.1) is 11.3 Å². The maximum atomic E-state index is 5.79. The monoisotopic (exact) mass is 258 g/mol. The minimum atomic E-state index is 0.144. The Morgan fingerprint density at radius 2 is 2.22 bits per heavy atom. The van der Waals surface area contributed by atoms with Crippen LogP contribution in [0, 0.1) is 0 Å². The number of thiazole rings is 1. The van der Waals surface area contributed by atoms with Crippen LogP contribution in [0.3, 0.4) is 0 Å². The summed E-state index contributed by atoms with van der Waals surface area (Å²) in [5.41, 5.74) is 8.71. The van der Waals surface area contributed by atoms with Gasteiger partial charge in [0.15, 0.2) is 0 Å². The Morgan fingerprint density at radius 1 is 1.39 bits per heavy atom. The molecule has 0 saturated heterocycles. The summed E-state index contributed by atoms with van der Waals surface area (Å²) in [5, 5.41) is 4.25. The van der Waals surface area contributed by atoms with Gasteiger partial charge in [-0.2, -0.15) is 0 Å². The number of hydrogen-bond acceptors (Lipinski definition) is 4. The van der Waals surface area contributed by atoms with Crippen molar-refractivity contribution in [1.29, 1.82) is 0 Å². The van der Waals surface area contributed by atoms with Crippen LogP contribution in [0.25, 0.3) is 22.2 Å². The highest BCUT2D eigenvalue weighted by molar-refractivity contribution is 7.10. The molecule has 0 radical (unpaired) electrons. The van der Waals surface area contributed by atoms with Crippen LogP contribution in [0.4, 0.5) is 0 Å². The number of aromatic nitrogens is 1. The van der Waals surface area contributed by atoms with E-state index >= 15 is 0 Å². The molecule has 3 nitrogen and oxygen atoms in total. The summed E-state index contributed by atoms with van der Waals surface area (Å²) < 4.78 is 5.53. The van der Waals surface area contributed by atoms with Crippen molar-refractivity contribution < 1.29 is 4.42 Å². The lowest BCUT2D eigenvalue weighted by Gasteiger charge is -1.99. The van der Waals surface area contributed by atoms with E-state index in [0.29, 0.717) is 0 Å². The highest BCUT2D eigenvalue weighted by Gasteiger charge is 2.11. The first-order valence-electron chi connectivity index (χ1n) is 5.90. The molecule has 4 heteroatoms. The fraction of sp³-hybridized carbons (Fsp3) is 0.214. The van der Waals surface area contributed by atoms with E-state index in [1.807, 2.05) is 25.1 Å². The second kappa shape index (κ2) is 4.55. The SMILES string of the molecule is CC(N)Cc1nc(-c2coc3ccccc23)cs1. The molecule has 0 aliphatic heterocycles. The van der Waals surface area contributed by atoms with E-state index in [4.69, 9.17) is 10.2 Å². The van der Waals surface area contributed by atoms with E-state index in [1.54, 1.807) is 17.6 Å². The molecule has 3 rings (SSSR count). The maximum absolute atomic E-state index is 5.79. The molecule has 2 aromatic heterocycles. The Kier molecular flexibility index (Phi) is 2.89. The van der Waals surface area contributed by atoms with E-state index in [2.05, 4.69) is 16.4 Å². The summed E-state index contributed by atoms with van der Waals surface area (Å²) in [6.45, 7) is 1.99. The molecule has 0 fully saturated rings. The van der Waals surface area contributed by atoms with E-state index in [0.717, 1.165) is 33.7 Å². The number of hydrogen-bond donors (Lipinski definition) is 1. The van der Waals surface area contributed by atoms with Gasteiger partial charge in [-0.25, -0.2) is 4.98 Å². The molecule has 0 saturated carbocycles. The van der Waals surface area contributed by atoms with Crippen LogP contribution in [0.5, 0.6) is 0 Å². The van der Waals surface area contributed by atoms with E-state index in [9.17, 15) is 0 Å². The van der Waals surface area contributed by atoms with Crippen molar-refractivity contribution in [3.63, 3.8) is 0 Å². The minimum absolute atomic E-state index is 0.144. The predicted octanol–water partition coefficient (Wildman–Crippen LogP) is 3.45. The normalized spacial score (nSPS) is 13.0.